The number of halogens is 2. The molecular weight excluding hydrogens is 446 g/mol. The minimum atomic E-state index is -0.307. The van der Waals surface area contributed by atoms with Crippen LogP contribution in [-0.2, 0) is 17.1 Å². The zero-order valence-electron chi connectivity index (χ0n) is 18.2. The molecule has 0 spiro atoms. The Morgan fingerprint density at radius 3 is 2.42 bits per heavy atom. The maximum atomic E-state index is 13.1. The first-order valence-corrected chi connectivity index (χ1v) is 12.1. The van der Waals surface area contributed by atoms with Crippen molar-refractivity contribution in [3.8, 4) is 11.4 Å². The van der Waals surface area contributed by atoms with Crippen molar-refractivity contribution >= 4 is 17.7 Å². The lowest BCUT2D eigenvalue weighted by Crippen LogP contribution is -2.40. The SMILES string of the molecule is O=C(NCCSCc1ccc(F)cc1)C1CCN(Cc2nc(-c3ccc(F)cc3)no2)CC1. The van der Waals surface area contributed by atoms with E-state index in [-0.39, 0.29) is 23.5 Å². The molecule has 0 atom stereocenters. The molecule has 1 fully saturated rings. The molecule has 1 amide bonds. The summed E-state index contributed by atoms with van der Waals surface area (Å²) >= 11 is 1.72. The van der Waals surface area contributed by atoms with Crippen molar-refractivity contribution in [1.82, 2.24) is 20.4 Å². The van der Waals surface area contributed by atoms with Crippen LogP contribution in [0.5, 0.6) is 0 Å². The summed E-state index contributed by atoms with van der Waals surface area (Å²) in [7, 11) is 0. The Kier molecular flexibility index (Phi) is 8.06. The molecule has 2 aromatic carbocycles. The number of nitrogens with zero attached hydrogens (tertiary/aromatic N) is 3. The summed E-state index contributed by atoms with van der Waals surface area (Å²) in [5, 5.41) is 7.01. The third kappa shape index (κ3) is 6.85. The number of carbonyl (C=O) groups excluding carboxylic acids is 1. The van der Waals surface area contributed by atoms with Crippen molar-refractivity contribution < 1.29 is 18.1 Å². The molecule has 1 aliphatic heterocycles. The van der Waals surface area contributed by atoms with Crippen LogP contribution in [0.2, 0.25) is 0 Å². The third-order valence-corrected chi connectivity index (χ3v) is 6.65. The largest absolute Gasteiger partial charge is 0.355 e. The van der Waals surface area contributed by atoms with E-state index < -0.39 is 0 Å². The average molecular weight is 473 g/mol. The van der Waals surface area contributed by atoms with Crippen molar-refractivity contribution in [3.05, 3.63) is 71.6 Å². The summed E-state index contributed by atoms with van der Waals surface area (Å²) in [5.41, 5.74) is 1.78. The standard InChI is InChI=1S/C24H26F2N4O2S/c25-20-5-1-17(2-6-20)16-33-14-11-27-24(31)19-9-12-30(13-10-19)15-22-28-23(29-32-22)18-3-7-21(26)8-4-18/h1-8,19H,9-16H2,(H,27,31). The molecule has 1 aromatic heterocycles. The van der Waals surface area contributed by atoms with E-state index in [0.29, 0.717) is 30.4 Å². The Labute approximate surface area is 195 Å². The number of hydrogen-bond acceptors (Lipinski definition) is 6. The predicted octanol–water partition coefficient (Wildman–Crippen LogP) is 4.28. The number of benzene rings is 2. The molecule has 4 rings (SSSR count). The van der Waals surface area contributed by atoms with E-state index in [1.165, 1.54) is 24.3 Å². The molecule has 33 heavy (non-hydrogen) atoms. The second kappa shape index (κ2) is 11.4. The van der Waals surface area contributed by atoms with Gasteiger partial charge in [0.05, 0.1) is 6.54 Å². The van der Waals surface area contributed by atoms with Gasteiger partial charge in [0, 0.05) is 29.5 Å². The second-order valence-corrected chi connectivity index (χ2v) is 9.14. The van der Waals surface area contributed by atoms with Crippen LogP contribution in [0, 0.1) is 17.6 Å². The number of nitrogens with one attached hydrogen (secondary N) is 1. The fourth-order valence-electron chi connectivity index (χ4n) is 3.74. The number of thioether (sulfide) groups is 1. The van der Waals surface area contributed by atoms with Crippen molar-refractivity contribution in [2.24, 2.45) is 5.92 Å². The van der Waals surface area contributed by atoms with Crippen molar-refractivity contribution in [1.29, 1.82) is 0 Å². The molecular formula is C24H26F2N4O2S. The normalized spacial score (nSPS) is 15.0. The third-order valence-electron chi connectivity index (χ3n) is 5.62. The minimum absolute atomic E-state index is 0.0146. The highest BCUT2D eigenvalue weighted by molar-refractivity contribution is 7.98. The average Bonchev–Trinajstić information content (AvgIpc) is 3.29. The maximum Gasteiger partial charge on any atom is 0.241 e. The summed E-state index contributed by atoms with van der Waals surface area (Å²) in [6, 6.07) is 12.5. The lowest BCUT2D eigenvalue weighted by atomic mass is 9.96. The van der Waals surface area contributed by atoms with E-state index in [4.69, 9.17) is 4.52 Å². The van der Waals surface area contributed by atoms with E-state index >= 15 is 0 Å². The number of amides is 1. The van der Waals surface area contributed by atoms with Crippen molar-refractivity contribution in [2.45, 2.75) is 25.1 Å². The quantitative estimate of drug-likeness (QED) is 0.469. The fourth-order valence-corrected chi connectivity index (χ4v) is 4.56. The van der Waals surface area contributed by atoms with Crippen LogP contribution in [0.3, 0.4) is 0 Å². The highest BCUT2D eigenvalue weighted by atomic mass is 32.2. The van der Waals surface area contributed by atoms with Gasteiger partial charge in [0.1, 0.15) is 11.6 Å². The van der Waals surface area contributed by atoms with Gasteiger partial charge in [-0.2, -0.15) is 16.7 Å². The molecule has 174 valence electrons. The number of carbonyl (C=O) groups is 1. The fraction of sp³-hybridized carbons (Fsp3) is 0.375. The highest BCUT2D eigenvalue weighted by Gasteiger charge is 2.25. The van der Waals surface area contributed by atoms with Gasteiger partial charge in [-0.1, -0.05) is 17.3 Å². The van der Waals surface area contributed by atoms with Gasteiger partial charge in [-0.05, 0) is 67.9 Å². The van der Waals surface area contributed by atoms with Gasteiger partial charge in [-0.15, -0.1) is 0 Å². The van der Waals surface area contributed by atoms with E-state index in [1.807, 2.05) is 0 Å². The van der Waals surface area contributed by atoms with Crippen LogP contribution < -0.4 is 5.32 Å². The molecule has 1 aliphatic rings. The molecule has 0 saturated carbocycles. The number of piperidine rings is 1. The Morgan fingerprint density at radius 1 is 1.06 bits per heavy atom. The Balaban J connectivity index is 1.13. The predicted molar refractivity (Wildman–Crippen MR) is 123 cm³/mol. The molecule has 0 bridgehead atoms. The Morgan fingerprint density at radius 2 is 1.73 bits per heavy atom. The number of likely N-dealkylation sites (tertiary alicyclic amines) is 1. The van der Waals surface area contributed by atoms with Gasteiger partial charge < -0.3 is 9.84 Å². The first-order chi connectivity index (χ1) is 16.1. The minimum Gasteiger partial charge on any atom is -0.355 e. The molecule has 1 saturated heterocycles. The zero-order valence-corrected chi connectivity index (χ0v) is 19.0. The lowest BCUT2D eigenvalue weighted by Gasteiger charge is -2.30. The Hall–Kier alpha value is -2.78. The smallest absolute Gasteiger partial charge is 0.241 e. The first kappa shape index (κ1) is 23.4. The summed E-state index contributed by atoms with van der Waals surface area (Å²) in [4.78, 5) is 19.1. The molecule has 1 N–H and O–H groups in total. The summed E-state index contributed by atoms with van der Waals surface area (Å²) < 4.78 is 31.3. The molecule has 6 nitrogen and oxygen atoms in total. The van der Waals surface area contributed by atoms with Gasteiger partial charge in [0.25, 0.3) is 0 Å². The van der Waals surface area contributed by atoms with Crippen molar-refractivity contribution in [3.63, 3.8) is 0 Å². The monoisotopic (exact) mass is 472 g/mol. The van der Waals surface area contributed by atoms with Crippen LogP contribution in [0.4, 0.5) is 8.78 Å². The summed E-state index contributed by atoms with van der Waals surface area (Å²) in [6.45, 7) is 2.72. The number of aromatic nitrogens is 2. The first-order valence-electron chi connectivity index (χ1n) is 11.0. The van der Waals surface area contributed by atoms with Crippen LogP contribution >= 0.6 is 11.8 Å². The van der Waals surface area contributed by atoms with E-state index in [9.17, 15) is 13.6 Å². The number of hydrogen-bond donors (Lipinski definition) is 1. The second-order valence-electron chi connectivity index (χ2n) is 8.04. The maximum absolute atomic E-state index is 13.1. The number of rotatable bonds is 9. The van der Waals surface area contributed by atoms with Gasteiger partial charge in [0.15, 0.2) is 0 Å². The van der Waals surface area contributed by atoms with Gasteiger partial charge in [-0.3, -0.25) is 9.69 Å². The van der Waals surface area contributed by atoms with E-state index in [0.717, 1.165) is 43.0 Å². The molecule has 3 aromatic rings. The Bertz CT molecular complexity index is 1040. The summed E-state index contributed by atoms with van der Waals surface area (Å²) in [6.07, 6.45) is 1.57. The molecule has 0 radical (unpaired) electrons. The molecule has 9 heteroatoms. The zero-order chi connectivity index (χ0) is 23.0. The van der Waals surface area contributed by atoms with Crippen LogP contribution in [0.25, 0.3) is 11.4 Å². The molecule has 2 heterocycles. The van der Waals surface area contributed by atoms with Gasteiger partial charge in [-0.25, -0.2) is 8.78 Å². The van der Waals surface area contributed by atoms with Gasteiger partial charge in [0.2, 0.25) is 17.6 Å². The highest BCUT2D eigenvalue weighted by Crippen LogP contribution is 2.21. The topological polar surface area (TPSA) is 71.3 Å². The van der Waals surface area contributed by atoms with Crippen LogP contribution in [-0.4, -0.2) is 46.3 Å². The summed E-state index contributed by atoms with van der Waals surface area (Å²) in [5.74, 6) is 2.15. The van der Waals surface area contributed by atoms with Crippen LogP contribution in [0.1, 0.15) is 24.3 Å². The van der Waals surface area contributed by atoms with Crippen LogP contribution in [0.15, 0.2) is 53.1 Å². The molecule has 0 aliphatic carbocycles. The van der Waals surface area contributed by atoms with E-state index in [2.05, 4.69) is 20.4 Å². The lowest BCUT2D eigenvalue weighted by molar-refractivity contribution is -0.126. The molecule has 0 unspecified atom stereocenters. The van der Waals surface area contributed by atoms with E-state index in [1.54, 1.807) is 36.0 Å². The van der Waals surface area contributed by atoms with Crippen molar-refractivity contribution in [2.75, 3.05) is 25.4 Å². The van der Waals surface area contributed by atoms with Gasteiger partial charge >= 0.3 is 0 Å².